The maximum atomic E-state index is 13.7. The number of hydrogen-bond donors (Lipinski definition) is 1. The van der Waals surface area contributed by atoms with Gasteiger partial charge < -0.3 is 5.32 Å². The summed E-state index contributed by atoms with van der Waals surface area (Å²) in [4.78, 5) is 15.0. The van der Waals surface area contributed by atoms with Crippen molar-refractivity contribution in [3.63, 3.8) is 0 Å². The Morgan fingerprint density at radius 3 is 2.75 bits per heavy atom. The number of nitrogens with one attached hydrogen (secondary N) is 1. The molecule has 0 amide bonds. The largest absolute Gasteiger partial charge is 0.312 e. The summed E-state index contributed by atoms with van der Waals surface area (Å²) in [6, 6.07) is 5.14. The Hall–Kier alpha value is -0.680. The summed E-state index contributed by atoms with van der Waals surface area (Å²) in [5, 5.41) is 4.41. The van der Waals surface area contributed by atoms with Gasteiger partial charge in [-0.3, -0.25) is 9.69 Å². The molecule has 3 atom stereocenters. The second kappa shape index (κ2) is 8.13. The third-order valence-electron chi connectivity index (χ3n) is 4.98. The molecule has 3 rings (SSSR count). The third kappa shape index (κ3) is 4.29. The number of hydrogen-bond acceptors (Lipinski definition) is 3. The molecule has 0 aromatic heterocycles. The lowest BCUT2D eigenvalue weighted by Gasteiger charge is -2.36. The number of benzene rings is 1. The normalized spacial score (nSPS) is 26.5. The molecule has 3 nitrogen and oxygen atoms in total. The fourth-order valence-electron chi connectivity index (χ4n) is 3.78. The Morgan fingerprint density at radius 2 is 2.12 bits per heavy atom. The van der Waals surface area contributed by atoms with E-state index in [2.05, 4.69) is 5.32 Å². The van der Waals surface area contributed by atoms with Crippen LogP contribution in [0.1, 0.15) is 31.2 Å². The fourth-order valence-corrected chi connectivity index (χ4v) is 4.10. The van der Waals surface area contributed by atoms with Crippen molar-refractivity contribution < 1.29 is 9.18 Å². The molecule has 0 saturated carbocycles. The minimum absolute atomic E-state index is 0.110. The minimum atomic E-state index is -0.825. The molecular weight excluding hydrogens is 350 g/mol. The third-order valence-corrected chi connectivity index (χ3v) is 5.72. The zero-order chi connectivity index (χ0) is 17.1. The van der Waals surface area contributed by atoms with Crippen LogP contribution in [-0.4, -0.2) is 48.6 Å². The summed E-state index contributed by atoms with van der Waals surface area (Å²) < 4.78 is 13.7. The Bertz CT molecular complexity index is 588. The van der Waals surface area contributed by atoms with Gasteiger partial charge in [0, 0.05) is 25.6 Å². The predicted molar refractivity (Wildman–Crippen MR) is 95.7 cm³/mol. The molecule has 0 spiro atoms. The molecule has 2 heterocycles. The molecule has 132 valence electrons. The maximum Gasteiger partial charge on any atom is 0.155 e. The highest BCUT2D eigenvalue weighted by atomic mass is 35.5. The van der Waals surface area contributed by atoms with Crippen LogP contribution in [0, 0.1) is 0 Å². The van der Waals surface area contributed by atoms with E-state index in [1.54, 1.807) is 12.1 Å². The lowest BCUT2D eigenvalue weighted by molar-refractivity contribution is -0.124. The SMILES string of the molecule is O=C(Cc1ccc(Cl)c(Cl)c1)C(C1CCCCN1)N1CCC(F)C1. The van der Waals surface area contributed by atoms with Crippen LogP contribution >= 0.6 is 23.2 Å². The molecule has 1 N–H and O–H groups in total. The van der Waals surface area contributed by atoms with Gasteiger partial charge in [0.05, 0.1) is 16.1 Å². The highest BCUT2D eigenvalue weighted by Crippen LogP contribution is 2.26. The van der Waals surface area contributed by atoms with Crippen LogP contribution in [0.5, 0.6) is 0 Å². The van der Waals surface area contributed by atoms with Crippen molar-refractivity contribution in [3.05, 3.63) is 33.8 Å². The molecule has 0 bridgehead atoms. The molecule has 3 unspecified atom stereocenters. The molecule has 2 fully saturated rings. The Morgan fingerprint density at radius 1 is 1.29 bits per heavy atom. The van der Waals surface area contributed by atoms with E-state index in [0.29, 0.717) is 36.0 Å². The van der Waals surface area contributed by atoms with Crippen molar-refractivity contribution in [1.82, 2.24) is 10.2 Å². The number of alkyl halides is 1. The first-order valence-electron chi connectivity index (χ1n) is 8.63. The highest BCUT2D eigenvalue weighted by Gasteiger charge is 2.37. The number of carbonyl (C=O) groups excluding carboxylic acids is 1. The number of Topliss-reactive ketones (excluding diaryl/α,β-unsaturated/α-hetero) is 1. The first-order chi connectivity index (χ1) is 11.5. The monoisotopic (exact) mass is 372 g/mol. The van der Waals surface area contributed by atoms with Gasteiger partial charge in [0.25, 0.3) is 0 Å². The van der Waals surface area contributed by atoms with E-state index < -0.39 is 6.17 Å². The van der Waals surface area contributed by atoms with Gasteiger partial charge in [0.1, 0.15) is 6.17 Å². The van der Waals surface area contributed by atoms with E-state index in [9.17, 15) is 9.18 Å². The Balaban J connectivity index is 1.75. The van der Waals surface area contributed by atoms with Gasteiger partial charge in [0.15, 0.2) is 5.78 Å². The van der Waals surface area contributed by atoms with Crippen LogP contribution in [0.3, 0.4) is 0 Å². The molecule has 0 radical (unpaired) electrons. The molecule has 2 saturated heterocycles. The summed E-state index contributed by atoms with van der Waals surface area (Å²) in [5.74, 6) is 0.127. The number of rotatable bonds is 5. The van der Waals surface area contributed by atoms with E-state index in [0.717, 1.165) is 31.4 Å². The van der Waals surface area contributed by atoms with E-state index in [1.165, 1.54) is 0 Å². The van der Waals surface area contributed by atoms with E-state index >= 15 is 0 Å². The number of carbonyl (C=O) groups is 1. The van der Waals surface area contributed by atoms with Crippen molar-refractivity contribution in [2.24, 2.45) is 0 Å². The van der Waals surface area contributed by atoms with Crippen LogP contribution in [0.2, 0.25) is 10.0 Å². The van der Waals surface area contributed by atoms with Gasteiger partial charge in [-0.1, -0.05) is 35.7 Å². The summed E-state index contributed by atoms with van der Waals surface area (Å²) >= 11 is 12.0. The van der Waals surface area contributed by atoms with Gasteiger partial charge in [-0.05, 0) is 43.5 Å². The predicted octanol–water partition coefficient (Wildman–Crippen LogP) is 3.66. The summed E-state index contributed by atoms with van der Waals surface area (Å²) in [6.45, 7) is 1.93. The van der Waals surface area contributed by atoms with Crippen LogP contribution in [0.15, 0.2) is 18.2 Å². The molecular formula is C18H23Cl2FN2O. The summed E-state index contributed by atoms with van der Waals surface area (Å²) in [7, 11) is 0. The van der Waals surface area contributed by atoms with Gasteiger partial charge >= 0.3 is 0 Å². The number of nitrogens with zero attached hydrogens (tertiary/aromatic N) is 1. The second-order valence-electron chi connectivity index (χ2n) is 6.77. The minimum Gasteiger partial charge on any atom is -0.312 e. The lowest BCUT2D eigenvalue weighted by Crippen LogP contribution is -2.55. The standard InChI is InChI=1S/C18H23Cl2FN2O/c19-14-5-4-12(9-15(14)20)10-17(24)18(16-3-1-2-7-22-16)23-8-6-13(21)11-23/h4-5,9,13,16,18,22H,1-3,6-8,10-11H2. The van der Waals surface area contributed by atoms with E-state index in [-0.39, 0.29) is 17.9 Å². The van der Waals surface area contributed by atoms with Crippen LogP contribution in [-0.2, 0) is 11.2 Å². The molecule has 6 heteroatoms. The van der Waals surface area contributed by atoms with Gasteiger partial charge in [0.2, 0.25) is 0 Å². The fraction of sp³-hybridized carbons (Fsp3) is 0.611. The average molecular weight is 373 g/mol. The van der Waals surface area contributed by atoms with E-state index in [1.807, 2.05) is 11.0 Å². The van der Waals surface area contributed by atoms with Gasteiger partial charge in [-0.25, -0.2) is 4.39 Å². The molecule has 24 heavy (non-hydrogen) atoms. The quantitative estimate of drug-likeness (QED) is 0.855. The molecule has 1 aromatic carbocycles. The zero-order valence-corrected chi connectivity index (χ0v) is 15.1. The smallest absolute Gasteiger partial charge is 0.155 e. The van der Waals surface area contributed by atoms with Gasteiger partial charge in [-0.15, -0.1) is 0 Å². The molecule has 0 aliphatic carbocycles. The summed E-state index contributed by atoms with van der Waals surface area (Å²) in [6.07, 6.45) is 3.20. The zero-order valence-electron chi connectivity index (χ0n) is 13.6. The van der Waals surface area contributed by atoms with Crippen molar-refractivity contribution in [3.8, 4) is 0 Å². The van der Waals surface area contributed by atoms with Gasteiger partial charge in [-0.2, -0.15) is 0 Å². The van der Waals surface area contributed by atoms with Crippen molar-refractivity contribution in [2.45, 2.75) is 50.4 Å². The summed E-state index contributed by atoms with van der Waals surface area (Å²) in [5.41, 5.74) is 0.853. The number of likely N-dealkylation sites (tertiary alicyclic amines) is 1. The molecule has 1 aromatic rings. The van der Waals surface area contributed by atoms with Crippen molar-refractivity contribution in [2.75, 3.05) is 19.6 Å². The maximum absolute atomic E-state index is 13.7. The molecule has 2 aliphatic heterocycles. The number of halogens is 3. The topological polar surface area (TPSA) is 32.3 Å². The number of piperidine rings is 1. The first kappa shape index (κ1) is 18.1. The van der Waals surface area contributed by atoms with Crippen LogP contribution in [0.4, 0.5) is 4.39 Å². The Kier molecular flexibility index (Phi) is 6.14. The average Bonchev–Trinajstić information content (AvgIpc) is 2.98. The highest BCUT2D eigenvalue weighted by molar-refractivity contribution is 6.42. The van der Waals surface area contributed by atoms with Crippen molar-refractivity contribution in [1.29, 1.82) is 0 Å². The second-order valence-corrected chi connectivity index (χ2v) is 7.59. The lowest BCUT2D eigenvalue weighted by atomic mass is 9.91. The van der Waals surface area contributed by atoms with Crippen molar-refractivity contribution >= 4 is 29.0 Å². The van der Waals surface area contributed by atoms with E-state index in [4.69, 9.17) is 23.2 Å². The van der Waals surface area contributed by atoms with Crippen LogP contribution < -0.4 is 5.32 Å². The Labute approximate surface area is 152 Å². The van der Waals surface area contributed by atoms with Crippen LogP contribution in [0.25, 0.3) is 0 Å². The molecule has 2 aliphatic rings. The number of ketones is 1. The first-order valence-corrected chi connectivity index (χ1v) is 9.38.